The van der Waals surface area contributed by atoms with E-state index in [-0.39, 0.29) is 0 Å². The van der Waals surface area contributed by atoms with Crippen LogP contribution in [-0.4, -0.2) is 26.4 Å². The second-order valence-electron chi connectivity index (χ2n) is 5.06. The van der Waals surface area contributed by atoms with Crippen LogP contribution in [0.1, 0.15) is 6.92 Å². The topological polar surface area (TPSA) is 52.3 Å². The maximum absolute atomic E-state index is 6.27. The van der Waals surface area contributed by atoms with E-state index < -0.39 is 0 Å². The second kappa shape index (κ2) is 6.22. The zero-order chi connectivity index (χ0) is 16.5. The van der Waals surface area contributed by atoms with E-state index in [2.05, 4.69) is 15.3 Å². The third-order valence-corrected chi connectivity index (χ3v) is 4.80. The minimum Gasteiger partial charge on any atom is -0.494 e. The van der Waals surface area contributed by atoms with E-state index in [1.165, 1.54) is 11.3 Å². The van der Waals surface area contributed by atoms with Crippen molar-refractivity contribution in [3.63, 3.8) is 0 Å². The summed E-state index contributed by atoms with van der Waals surface area (Å²) in [6.45, 7) is 2.62. The molecule has 2 aromatic carbocycles. The molecule has 0 atom stereocenters. The average Bonchev–Trinajstić information content (AvgIpc) is 3.17. The normalized spacial score (nSPS) is 11.1. The van der Waals surface area contributed by atoms with Crippen LogP contribution in [-0.2, 0) is 0 Å². The number of aromatic nitrogens is 4. The minimum atomic E-state index is 0.627. The molecule has 0 saturated carbocycles. The van der Waals surface area contributed by atoms with Crippen molar-refractivity contribution in [2.24, 2.45) is 0 Å². The fraction of sp³-hybridized carbons (Fsp3) is 0.118. The molecular weight excluding hydrogens is 344 g/mol. The minimum absolute atomic E-state index is 0.627. The van der Waals surface area contributed by atoms with Gasteiger partial charge in [0.05, 0.1) is 11.6 Å². The lowest BCUT2D eigenvalue weighted by molar-refractivity contribution is 0.340. The maximum Gasteiger partial charge on any atom is 0.235 e. The molecular formula is C17H13ClN4OS. The molecule has 120 valence electrons. The monoisotopic (exact) mass is 356 g/mol. The number of fused-ring (bicyclic) bond motifs is 1. The summed E-state index contributed by atoms with van der Waals surface area (Å²) in [4.78, 5) is 0.730. The molecule has 0 bridgehead atoms. The third kappa shape index (κ3) is 2.64. The quantitative estimate of drug-likeness (QED) is 0.537. The van der Waals surface area contributed by atoms with Gasteiger partial charge in [-0.05, 0) is 43.3 Å². The summed E-state index contributed by atoms with van der Waals surface area (Å²) < 4.78 is 7.21. The molecule has 0 aliphatic heterocycles. The van der Waals surface area contributed by atoms with Crippen molar-refractivity contribution in [1.82, 2.24) is 19.8 Å². The zero-order valence-electron chi connectivity index (χ0n) is 12.8. The Morgan fingerprint density at radius 1 is 1.08 bits per heavy atom. The molecule has 4 rings (SSSR count). The number of rotatable bonds is 4. The van der Waals surface area contributed by atoms with Gasteiger partial charge in [-0.2, -0.15) is 9.61 Å². The highest BCUT2D eigenvalue weighted by molar-refractivity contribution is 7.19. The molecule has 24 heavy (non-hydrogen) atoms. The first-order chi connectivity index (χ1) is 11.8. The van der Waals surface area contributed by atoms with Gasteiger partial charge in [0.2, 0.25) is 4.96 Å². The van der Waals surface area contributed by atoms with Crippen LogP contribution in [0, 0.1) is 0 Å². The Morgan fingerprint density at radius 2 is 1.88 bits per heavy atom. The highest BCUT2D eigenvalue weighted by atomic mass is 35.5. The Hall–Kier alpha value is -2.44. The molecule has 2 aromatic heterocycles. The van der Waals surface area contributed by atoms with Crippen molar-refractivity contribution >= 4 is 27.9 Å². The average molecular weight is 357 g/mol. The third-order valence-electron chi connectivity index (χ3n) is 3.52. The molecule has 0 unspecified atom stereocenters. The van der Waals surface area contributed by atoms with Crippen molar-refractivity contribution in [3.05, 3.63) is 53.6 Å². The number of hydrogen-bond acceptors (Lipinski definition) is 5. The Labute approximate surface area is 147 Å². The Kier molecular flexibility index (Phi) is 3.92. The van der Waals surface area contributed by atoms with Crippen molar-refractivity contribution in [1.29, 1.82) is 0 Å². The maximum atomic E-state index is 6.27. The van der Waals surface area contributed by atoms with Gasteiger partial charge in [0.15, 0.2) is 5.82 Å². The van der Waals surface area contributed by atoms with Crippen LogP contribution in [0.5, 0.6) is 5.75 Å². The molecule has 0 amide bonds. The van der Waals surface area contributed by atoms with Gasteiger partial charge >= 0.3 is 0 Å². The van der Waals surface area contributed by atoms with Crippen molar-refractivity contribution < 1.29 is 4.74 Å². The first-order valence-electron chi connectivity index (χ1n) is 7.46. The number of benzene rings is 2. The summed E-state index contributed by atoms with van der Waals surface area (Å²) in [6.07, 6.45) is 0. The van der Waals surface area contributed by atoms with Crippen LogP contribution in [0.25, 0.3) is 26.9 Å². The van der Waals surface area contributed by atoms with Gasteiger partial charge in [0.1, 0.15) is 10.8 Å². The molecule has 0 saturated heterocycles. The van der Waals surface area contributed by atoms with Gasteiger partial charge in [-0.15, -0.1) is 10.2 Å². The highest BCUT2D eigenvalue weighted by Gasteiger charge is 2.16. The van der Waals surface area contributed by atoms with E-state index in [9.17, 15) is 0 Å². The lowest BCUT2D eigenvalue weighted by Crippen LogP contribution is -1.92. The van der Waals surface area contributed by atoms with Crippen LogP contribution >= 0.6 is 22.9 Å². The van der Waals surface area contributed by atoms with E-state index in [1.54, 1.807) is 4.52 Å². The molecule has 5 nitrogen and oxygen atoms in total. The second-order valence-corrected chi connectivity index (χ2v) is 6.43. The summed E-state index contributed by atoms with van der Waals surface area (Å²) in [5, 5.41) is 14.6. The van der Waals surface area contributed by atoms with Crippen LogP contribution in [0.2, 0.25) is 5.02 Å². The zero-order valence-corrected chi connectivity index (χ0v) is 14.4. The largest absolute Gasteiger partial charge is 0.494 e. The first-order valence-corrected chi connectivity index (χ1v) is 8.66. The summed E-state index contributed by atoms with van der Waals surface area (Å²) in [5.74, 6) is 1.49. The van der Waals surface area contributed by atoms with E-state index in [4.69, 9.17) is 16.3 Å². The van der Waals surface area contributed by atoms with Crippen LogP contribution in [0.4, 0.5) is 0 Å². The van der Waals surface area contributed by atoms with Gasteiger partial charge in [0, 0.05) is 11.1 Å². The van der Waals surface area contributed by atoms with Gasteiger partial charge in [-0.25, -0.2) is 0 Å². The summed E-state index contributed by atoms with van der Waals surface area (Å²) >= 11 is 7.75. The first kappa shape index (κ1) is 15.1. The highest BCUT2D eigenvalue weighted by Crippen LogP contribution is 2.31. The SMILES string of the molecule is CCOc1ccc(-c2nn3c(-c4ccccc4Cl)nnc3s2)cc1. The molecule has 7 heteroatoms. The predicted octanol–water partition coefficient (Wildman–Crippen LogP) is 4.57. The van der Waals surface area contributed by atoms with Crippen LogP contribution in [0.3, 0.4) is 0 Å². The molecule has 4 aromatic rings. The van der Waals surface area contributed by atoms with Crippen molar-refractivity contribution in [3.8, 4) is 27.7 Å². The summed E-state index contributed by atoms with van der Waals surface area (Å²) in [6, 6.07) is 15.4. The molecule has 0 N–H and O–H groups in total. The lowest BCUT2D eigenvalue weighted by Gasteiger charge is -2.02. The lowest BCUT2D eigenvalue weighted by atomic mass is 10.2. The molecule has 0 radical (unpaired) electrons. The molecule has 2 heterocycles. The van der Waals surface area contributed by atoms with Gasteiger partial charge in [0.25, 0.3) is 0 Å². The molecule has 0 fully saturated rings. The van der Waals surface area contributed by atoms with E-state index in [0.717, 1.165) is 26.8 Å². The summed E-state index contributed by atoms with van der Waals surface area (Å²) in [5.41, 5.74) is 1.83. The summed E-state index contributed by atoms with van der Waals surface area (Å²) in [7, 11) is 0. The van der Waals surface area contributed by atoms with Crippen molar-refractivity contribution in [2.45, 2.75) is 6.92 Å². The van der Waals surface area contributed by atoms with E-state index in [1.807, 2.05) is 55.5 Å². The van der Waals surface area contributed by atoms with Gasteiger partial charge in [-0.3, -0.25) is 0 Å². The Morgan fingerprint density at radius 3 is 2.62 bits per heavy atom. The van der Waals surface area contributed by atoms with Gasteiger partial charge in [-0.1, -0.05) is 35.1 Å². The smallest absolute Gasteiger partial charge is 0.235 e. The fourth-order valence-corrected chi connectivity index (χ4v) is 3.47. The fourth-order valence-electron chi connectivity index (χ4n) is 2.40. The number of ether oxygens (including phenoxy) is 1. The molecule has 0 aliphatic rings. The number of hydrogen-bond donors (Lipinski definition) is 0. The van der Waals surface area contributed by atoms with Crippen LogP contribution < -0.4 is 4.74 Å². The van der Waals surface area contributed by atoms with E-state index >= 15 is 0 Å². The standard InChI is InChI=1S/C17H13ClN4OS/c1-2-23-12-9-7-11(8-10-12)16-21-22-15(19-20-17(22)24-16)13-5-3-4-6-14(13)18/h3-10H,2H2,1H3. The molecule has 0 aliphatic carbocycles. The van der Waals surface area contributed by atoms with Crippen molar-refractivity contribution in [2.75, 3.05) is 6.61 Å². The van der Waals surface area contributed by atoms with E-state index in [0.29, 0.717) is 17.5 Å². The van der Waals surface area contributed by atoms with Crippen LogP contribution in [0.15, 0.2) is 48.5 Å². The Balaban J connectivity index is 1.76. The number of halogens is 1. The van der Waals surface area contributed by atoms with Gasteiger partial charge < -0.3 is 4.74 Å². The number of nitrogens with zero attached hydrogens (tertiary/aromatic N) is 4. The predicted molar refractivity (Wildman–Crippen MR) is 95.7 cm³/mol. The molecule has 0 spiro atoms. The Bertz CT molecular complexity index is 993.